The molecule has 1 N–H and O–H groups in total. The van der Waals surface area contributed by atoms with E-state index < -0.39 is 52.0 Å². The molecular weight excluding hydrogens is 383 g/mol. The van der Waals surface area contributed by atoms with Gasteiger partial charge >= 0.3 is 0 Å². The highest BCUT2D eigenvalue weighted by Crippen LogP contribution is 2.26. The number of benzene rings is 2. The maximum Gasteiger partial charge on any atom is 0.232 e. The van der Waals surface area contributed by atoms with Crippen molar-refractivity contribution in [3.63, 3.8) is 0 Å². The molecule has 0 heterocycles. The number of nitrogens with zero attached hydrogens (tertiary/aromatic N) is 2. The Morgan fingerprint density at radius 1 is 1.15 bits per heavy atom. The zero-order valence-corrected chi connectivity index (χ0v) is 14.9. The molecular formula is C17H14F3N3O3S. The fourth-order valence-electron chi connectivity index (χ4n) is 2.28. The molecule has 0 fully saturated rings. The molecule has 0 bridgehead atoms. The molecule has 0 radical (unpaired) electrons. The van der Waals surface area contributed by atoms with E-state index >= 15 is 0 Å². The summed E-state index contributed by atoms with van der Waals surface area (Å²) in [5.74, 6) is -5.59. The van der Waals surface area contributed by atoms with Crippen molar-refractivity contribution in [1.82, 2.24) is 0 Å². The summed E-state index contributed by atoms with van der Waals surface area (Å²) >= 11 is 0. The Labute approximate surface area is 153 Å². The topological polar surface area (TPSA) is 90.3 Å². The quantitative estimate of drug-likeness (QED) is 0.759. The molecule has 0 atom stereocenters. The highest BCUT2D eigenvalue weighted by atomic mass is 32.2. The predicted octanol–water partition coefficient (Wildman–Crippen LogP) is 2.77. The van der Waals surface area contributed by atoms with E-state index in [4.69, 9.17) is 5.26 Å². The molecule has 0 saturated carbocycles. The fourth-order valence-corrected chi connectivity index (χ4v) is 3.20. The number of para-hydroxylation sites is 1. The van der Waals surface area contributed by atoms with Gasteiger partial charge in [0.15, 0.2) is 17.5 Å². The summed E-state index contributed by atoms with van der Waals surface area (Å²) in [6.45, 7) is -0.513. The van der Waals surface area contributed by atoms with Gasteiger partial charge in [-0.25, -0.2) is 21.6 Å². The molecule has 2 aromatic rings. The van der Waals surface area contributed by atoms with Crippen LogP contribution in [0.2, 0.25) is 0 Å². The number of anilines is 2. The second-order valence-corrected chi connectivity index (χ2v) is 7.39. The molecule has 2 aromatic carbocycles. The number of rotatable bonds is 6. The average molecular weight is 397 g/mol. The van der Waals surface area contributed by atoms with Crippen LogP contribution in [0.15, 0.2) is 36.4 Å². The van der Waals surface area contributed by atoms with Crippen LogP contribution in [-0.2, 0) is 14.8 Å². The van der Waals surface area contributed by atoms with Crippen molar-refractivity contribution in [2.45, 2.75) is 6.42 Å². The van der Waals surface area contributed by atoms with Gasteiger partial charge in [-0.05, 0) is 24.3 Å². The Morgan fingerprint density at radius 3 is 2.44 bits per heavy atom. The molecule has 0 aliphatic rings. The minimum atomic E-state index is -4.08. The van der Waals surface area contributed by atoms with Crippen molar-refractivity contribution >= 4 is 27.3 Å². The van der Waals surface area contributed by atoms with Crippen molar-refractivity contribution in [2.24, 2.45) is 0 Å². The predicted molar refractivity (Wildman–Crippen MR) is 92.9 cm³/mol. The molecule has 10 heteroatoms. The first-order valence-corrected chi connectivity index (χ1v) is 9.40. The first kappa shape index (κ1) is 20.3. The number of sulfonamides is 1. The van der Waals surface area contributed by atoms with E-state index in [-0.39, 0.29) is 11.3 Å². The molecule has 142 valence electrons. The van der Waals surface area contributed by atoms with Crippen LogP contribution in [0, 0.1) is 28.8 Å². The van der Waals surface area contributed by atoms with Gasteiger partial charge in [-0.1, -0.05) is 12.1 Å². The largest absolute Gasteiger partial charge is 0.325 e. The van der Waals surface area contributed by atoms with E-state index in [1.165, 1.54) is 12.1 Å². The molecule has 0 aliphatic heterocycles. The van der Waals surface area contributed by atoms with Gasteiger partial charge in [-0.3, -0.25) is 9.10 Å². The third-order valence-electron chi connectivity index (χ3n) is 3.55. The molecule has 0 unspecified atom stereocenters. The Hall–Kier alpha value is -3.06. The van der Waals surface area contributed by atoms with Gasteiger partial charge in [0, 0.05) is 13.0 Å². The van der Waals surface area contributed by atoms with Crippen molar-refractivity contribution in [1.29, 1.82) is 5.26 Å². The van der Waals surface area contributed by atoms with Crippen molar-refractivity contribution < 1.29 is 26.4 Å². The first-order chi connectivity index (χ1) is 12.6. The molecule has 2 rings (SSSR count). The smallest absolute Gasteiger partial charge is 0.232 e. The fraction of sp³-hybridized carbons (Fsp3) is 0.176. The van der Waals surface area contributed by atoms with Crippen LogP contribution in [0.1, 0.15) is 12.0 Å². The van der Waals surface area contributed by atoms with Crippen LogP contribution in [0.4, 0.5) is 24.5 Å². The molecule has 0 saturated heterocycles. The third-order valence-corrected chi connectivity index (χ3v) is 4.73. The van der Waals surface area contributed by atoms with Gasteiger partial charge in [0.05, 0.1) is 23.2 Å². The van der Waals surface area contributed by atoms with Crippen LogP contribution < -0.4 is 9.62 Å². The number of nitriles is 1. The molecule has 0 spiro atoms. The Bertz CT molecular complexity index is 1020. The second kappa shape index (κ2) is 8.09. The van der Waals surface area contributed by atoms with E-state index in [2.05, 4.69) is 5.32 Å². The first-order valence-electron chi connectivity index (χ1n) is 7.55. The zero-order chi connectivity index (χ0) is 20.2. The summed E-state index contributed by atoms with van der Waals surface area (Å²) in [5, 5.41) is 11.4. The lowest BCUT2D eigenvalue weighted by atomic mass is 10.2. The van der Waals surface area contributed by atoms with E-state index in [0.717, 1.165) is 12.3 Å². The SMILES string of the molecule is CS(=O)(=O)N(CCC(=O)Nc1ccccc1C#N)c1ccc(F)c(F)c1F. The lowest BCUT2D eigenvalue weighted by Crippen LogP contribution is -2.34. The zero-order valence-electron chi connectivity index (χ0n) is 14.0. The second-order valence-electron chi connectivity index (χ2n) is 5.49. The molecule has 27 heavy (non-hydrogen) atoms. The van der Waals surface area contributed by atoms with Crippen molar-refractivity contribution in [2.75, 3.05) is 22.4 Å². The number of carbonyl (C=O) groups excluding carboxylic acids is 1. The maximum absolute atomic E-state index is 14.0. The Balaban J connectivity index is 2.20. The summed E-state index contributed by atoms with van der Waals surface area (Å²) in [7, 11) is -4.08. The lowest BCUT2D eigenvalue weighted by molar-refractivity contribution is -0.116. The van der Waals surface area contributed by atoms with Gasteiger partial charge in [-0.15, -0.1) is 0 Å². The van der Waals surface area contributed by atoms with Crippen LogP contribution in [0.3, 0.4) is 0 Å². The van der Waals surface area contributed by atoms with Crippen molar-refractivity contribution in [3.8, 4) is 6.07 Å². The number of carbonyl (C=O) groups is 1. The van der Waals surface area contributed by atoms with Gasteiger partial charge < -0.3 is 5.32 Å². The molecule has 0 aromatic heterocycles. The normalized spacial score (nSPS) is 10.9. The highest BCUT2D eigenvalue weighted by Gasteiger charge is 2.25. The number of hydrogen-bond donors (Lipinski definition) is 1. The Kier molecular flexibility index (Phi) is 6.07. The number of hydrogen-bond acceptors (Lipinski definition) is 4. The van der Waals surface area contributed by atoms with Crippen LogP contribution >= 0.6 is 0 Å². The number of halogens is 3. The highest BCUT2D eigenvalue weighted by molar-refractivity contribution is 7.92. The van der Waals surface area contributed by atoms with E-state index in [9.17, 15) is 26.4 Å². The summed E-state index contributed by atoms with van der Waals surface area (Å²) in [6.07, 6.45) is 0.335. The van der Waals surface area contributed by atoms with Gasteiger partial charge in [0.25, 0.3) is 0 Å². The standard InChI is InChI=1S/C17H14F3N3O3S/c1-27(25,26)23(14-7-6-12(18)16(19)17(14)20)9-8-15(24)22-13-5-3-2-4-11(13)10-21/h2-7H,8-9H2,1H3,(H,22,24). The van der Waals surface area contributed by atoms with Gasteiger partial charge in [0.1, 0.15) is 6.07 Å². The monoisotopic (exact) mass is 397 g/mol. The summed E-state index contributed by atoms with van der Waals surface area (Å²) in [6, 6.07) is 9.42. The van der Waals surface area contributed by atoms with Crippen molar-refractivity contribution in [3.05, 3.63) is 59.4 Å². The van der Waals surface area contributed by atoms with Crippen LogP contribution in [0.25, 0.3) is 0 Å². The Morgan fingerprint density at radius 2 is 1.81 bits per heavy atom. The third kappa shape index (κ3) is 4.77. The average Bonchev–Trinajstić information content (AvgIpc) is 2.61. The van der Waals surface area contributed by atoms with Gasteiger partial charge in [0.2, 0.25) is 15.9 Å². The maximum atomic E-state index is 14.0. The number of nitrogens with one attached hydrogen (secondary N) is 1. The summed E-state index contributed by atoms with van der Waals surface area (Å²) in [5.41, 5.74) is -0.269. The summed E-state index contributed by atoms with van der Waals surface area (Å²) in [4.78, 5) is 12.1. The summed E-state index contributed by atoms with van der Waals surface area (Å²) < 4.78 is 64.8. The molecule has 0 aliphatic carbocycles. The number of amides is 1. The van der Waals surface area contributed by atoms with Crippen LogP contribution in [-0.4, -0.2) is 27.1 Å². The minimum absolute atomic E-state index is 0.206. The van der Waals surface area contributed by atoms with Gasteiger partial charge in [-0.2, -0.15) is 5.26 Å². The van der Waals surface area contributed by atoms with E-state index in [0.29, 0.717) is 10.4 Å². The van der Waals surface area contributed by atoms with E-state index in [1.807, 2.05) is 6.07 Å². The molecule has 1 amide bonds. The minimum Gasteiger partial charge on any atom is -0.325 e. The van der Waals surface area contributed by atoms with Crippen LogP contribution in [0.5, 0.6) is 0 Å². The van der Waals surface area contributed by atoms with E-state index in [1.54, 1.807) is 12.1 Å². The molecule has 6 nitrogen and oxygen atoms in total. The lowest BCUT2D eigenvalue weighted by Gasteiger charge is -2.23.